The van der Waals surface area contributed by atoms with Gasteiger partial charge >= 0.3 is 36.7 Å². The van der Waals surface area contributed by atoms with Gasteiger partial charge in [0.05, 0.1) is 58.8 Å². The number of ether oxygens (including phenoxy) is 5. The summed E-state index contributed by atoms with van der Waals surface area (Å²) in [5, 5.41) is 83.6. The van der Waals surface area contributed by atoms with Crippen molar-refractivity contribution in [2.45, 2.75) is 6.92 Å². The van der Waals surface area contributed by atoms with Gasteiger partial charge in [0.2, 0.25) is 0 Å². The maximum absolute atomic E-state index is 10.8. The van der Waals surface area contributed by atoms with Crippen LogP contribution in [-0.4, -0.2) is 72.4 Å². The summed E-state index contributed by atoms with van der Waals surface area (Å²) in [7, 11) is 6.63. The molecule has 0 unspecified atom stereocenters. The van der Waals surface area contributed by atoms with Crippen LogP contribution in [0.2, 0.25) is 20.1 Å². The Kier molecular flexibility index (Phi) is 43.7. The molecule has 8 N–H and O–H groups in total. The van der Waals surface area contributed by atoms with E-state index in [1.807, 2.05) is 193 Å². The SMILES string of the molecule is COc1ccc(N)cc1-c1cccc(Cl)c1.COc1ccc(Nc2ccc(N)cc2)cc1-c1cccc(Cl)c1.COc1ccc(Nc2ccc([N+](=O)[O-])cc2)cc1-c1cccc(Cl)c1.COc1ccc([N+](=O)[O-])cc1-c1cccc(Cl)c1.COc1ccc([N+](=O)[O-])cc1I.Cc1cccc(B(O)O)c1.Cl.N#C[O-].O=[N+]([O-])c1ccc(I)cc1.[Na+]. The third kappa shape index (κ3) is 33.3. The van der Waals surface area contributed by atoms with Gasteiger partial charge in [-0.15, -0.1) is 12.4 Å². The van der Waals surface area contributed by atoms with Crippen molar-refractivity contribution < 1.29 is 88.1 Å². The number of nitro benzene ring substituents is 4. The van der Waals surface area contributed by atoms with Crippen LogP contribution < -0.4 is 85.9 Å². The minimum Gasteiger partial charge on any atom is -0.812 e. The van der Waals surface area contributed by atoms with Gasteiger partial charge in [0.15, 0.2) is 0 Å². The van der Waals surface area contributed by atoms with Crippen molar-refractivity contribution in [3.8, 4) is 79.5 Å². The summed E-state index contributed by atoms with van der Waals surface area (Å²) in [6.07, 6.45) is 0.500. The van der Waals surface area contributed by atoms with Crippen molar-refractivity contribution in [1.29, 1.82) is 5.26 Å². The second-order valence-corrected chi connectivity index (χ2v) is 28.0. The number of non-ortho nitro benzene ring substituents is 4. The van der Waals surface area contributed by atoms with E-state index in [-0.39, 0.29) is 64.7 Å². The van der Waals surface area contributed by atoms with Crippen LogP contribution in [0.1, 0.15) is 5.56 Å². The Bertz CT molecular complexity index is 5550. The van der Waals surface area contributed by atoms with E-state index >= 15 is 0 Å². The van der Waals surface area contributed by atoms with Gasteiger partial charge in [0, 0.05) is 135 Å². The topological polar surface area (TPSA) is 382 Å². The predicted molar refractivity (Wildman–Crippen MR) is 487 cm³/mol. The monoisotopic (exact) mass is 1940 g/mol. The number of rotatable bonds is 18. The molecule has 608 valence electrons. The average Bonchev–Trinajstić information content (AvgIpc) is 0.836. The largest absolute Gasteiger partial charge is 1.00 e. The Labute approximate surface area is 762 Å². The first kappa shape index (κ1) is 100. The predicted octanol–water partition coefficient (Wildman–Crippen LogP) is 18.9. The number of nitrogen functional groups attached to an aromatic ring is 2. The molecule has 13 aromatic rings. The Morgan fingerprint density at radius 1 is 0.387 bits per heavy atom. The van der Waals surface area contributed by atoms with E-state index in [1.54, 1.807) is 94.1 Å². The fourth-order valence-electron chi connectivity index (χ4n) is 10.4. The van der Waals surface area contributed by atoms with Crippen LogP contribution in [0.15, 0.2) is 285 Å². The van der Waals surface area contributed by atoms with Crippen molar-refractivity contribution in [3.05, 3.63) is 358 Å². The van der Waals surface area contributed by atoms with Gasteiger partial charge < -0.3 is 60.9 Å². The van der Waals surface area contributed by atoms with Crippen molar-refractivity contribution in [2.24, 2.45) is 0 Å². The summed E-state index contributed by atoms with van der Waals surface area (Å²) < 4.78 is 28.1. The standard InChI is InChI=1S/C19H15ClN2O3.C19H17ClN2O.C13H10ClNO3.C13H12ClNO.C7H9BO2.C7H6INO3.C6H4INO2.CHNO.ClH.Na/c1-25-19-10-7-16(12-18(19)13-3-2-4-14(20)11-13)21-15-5-8-17(9-6-15)22(23)24;1-23-19-10-9-17(22-16-7-5-15(21)6-8-16)12-18(19)13-3-2-4-14(20)11-13;1-18-13-6-5-11(15(16)17)8-12(13)9-3-2-4-10(14)7-9;1-16-13-6-5-11(15)8-12(13)9-3-2-4-10(14)7-9;1-6-3-2-4-7(5-6)8(9)10;1-12-7-3-2-5(9(10)11)4-6(7)8;7-5-1-3-6(4-2-5)8(9)10;2-1-3;;/h2-12,21H,1H3;2-12,22H,21H2,1H3;2-8H,1H3;2-8H,15H2,1H3;2-5,9-10H,1H3;2-4H,1H3;1-4H;3H;1H;/q;;;;;;;;;+1/p-1. The van der Waals surface area contributed by atoms with E-state index in [0.717, 1.165) is 97.3 Å². The molecular formula is C85H74BCl5I2N9NaO16. The molecule has 0 saturated heterocycles. The molecule has 0 fully saturated rings. The fraction of sp³-hybridized carbons (Fsp3) is 0.0706. The first-order valence-corrected chi connectivity index (χ1v) is 37.8. The maximum atomic E-state index is 10.8. The number of hydrogen-bond acceptors (Lipinski definition) is 21. The van der Waals surface area contributed by atoms with E-state index in [2.05, 4.69) is 33.2 Å². The minimum atomic E-state index is -1.35. The number of aryl methyl sites for hydroxylation is 1. The van der Waals surface area contributed by atoms with Crippen LogP contribution >= 0.6 is 104 Å². The molecule has 0 heterocycles. The number of nitrogens with zero attached hydrogens (tertiary/aromatic N) is 5. The number of benzene rings is 13. The van der Waals surface area contributed by atoms with Crippen molar-refractivity contribution in [3.63, 3.8) is 0 Å². The molecule has 0 spiro atoms. The number of methoxy groups -OCH3 is 5. The molecule has 0 aliphatic rings. The normalized spacial score (nSPS) is 9.66. The summed E-state index contributed by atoms with van der Waals surface area (Å²) in [6.45, 7) is 1.91. The van der Waals surface area contributed by atoms with Crippen LogP contribution in [0.5, 0.6) is 28.7 Å². The number of nitrogens with one attached hydrogen (secondary N) is 2. The van der Waals surface area contributed by atoms with Crippen molar-refractivity contribution in [2.75, 3.05) is 57.6 Å². The van der Waals surface area contributed by atoms with Crippen molar-refractivity contribution in [1.82, 2.24) is 0 Å². The van der Waals surface area contributed by atoms with Crippen LogP contribution in [-0.2, 0) is 0 Å². The Hall–Kier alpha value is -11.2. The third-order valence-electron chi connectivity index (χ3n) is 15.8. The number of hydrogen-bond donors (Lipinski definition) is 6. The second kappa shape index (κ2) is 51.9. The molecule has 119 heavy (non-hydrogen) atoms. The van der Waals surface area contributed by atoms with Gasteiger partial charge in [0.1, 0.15) is 28.7 Å². The van der Waals surface area contributed by atoms with Gasteiger partial charge in [0.25, 0.3) is 22.7 Å². The fourth-order valence-corrected chi connectivity index (χ4v) is 12.2. The van der Waals surface area contributed by atoms with Gasteiger partial charge in [-0.3, -0.25) is 40.5 Å². The molecule has 0 radical (unpaired) electrons. The number of anilines is 6. The average molecular weight is 1940 g/mol. The van der Waals surface area contributed by atoms with Crippen LogP contribution in [0, 0.1) is 66.0 Å². The smallest absolute Gasteiger partial charge is 0.812 e. The number of nitro groups is 4. The summed E-state index contributed by atoms with van der Waals surface area (Å²) in [4.78, 5) is 40.3. The summed E-state index contributed by atoms with van der Waals surface area (Å²) in [5.74, 6) is 3.55. The molecule has 34 heteroatoms. The van der Waals surface area contributed by atoms with E-state index in [1.165, 1.54) is 62.8 Å². The summed E-state index contributed by atoms with van der Waals surface area (Å²) in [5.41, 5.74) is 25.5. The molecule has 0 saturated carbocycles. The zero-order valence-electron chi connectivity index (χ0n) is 64.4. The third-order valence-corrected chi connectivity index (χ3v) is 18.4. The molecular weight excluding hydrogens is 1870 g/mol. The van der Waals surface area contributed by atoms with E-state index in [4.69, 9.17) is 102 Å². The summed E-state index contributed by atoms with van der Waals surface area (Å²) in [6, 6.07) is 83.5. The molecule has 0 atom stereocenters. The Balaban J connectivity index is 0.000000296. The molecule has 0 aliphatic carbocycles. The molecule has 0 aromatic heterocycles. The van der Waals surface area contributed by atoms with E-state index < -0.39 is 26.8 Å². The first-order chi connectivity index (χ1) is 56.0. The molecule has 0 bridgehead atoms. The van der Waals surface area contributed by atoms with Crippen LogP contribution in [0.25, 0.3) is 44.5 Å². The van der Waals surface area contributed by atoms with Gasteiger partial charge in [-0.1, -0.05) is 125 Å². The van der Waals surface area contributed by atoms with Crippen molar-refractivity contribution >= 4 is 173 Å². The van der Waals surface area contributed by atoms with Gasteiger partial charge in [-0.25, -0.2) is 5.26 Å². The molecule has 25 nitrogen and oxygen atoms in total. The molecule has 0 aliphatic heterocycles. The van der Waals surface area contributed by atoms with Crippen LogP contribution in [0.3, 0.4) is 0 Å². The quantitative estimate of drug-likeness (QED) is 0.0116. The van der Waals surface area contributed by atoms with E-state index in [0.29, 0.717) is 54.6 Å². The zero-order valence-corrected chi connectivity index (χ0v) is 74.5. The number of halogens is 7. The first-order valence-electron chi connectivity index (χ1n) is 34.1. The van der Waals surface area contributed by atoms with Gasteiger partial charge in [-0.2, -0.15) is 0 Å². The Morgan fingerprint density at radius 3 is 1.02 bits per heavy atom. The molecule has 0 amide bonds. The van der Waals surface area contributed by atoms with Gasteiger partial charge in [-0.05, 0) is 244 Å². The van der Waals surface area contributed by atoms with E-state index in [9.17, 15) is 40.5 Å². The Morgan fingerprint density at radius 2 is 0.681 bits per heavy atom. The molecule has 13 aromatic carbocycles. The van der Waals surface area contributed by atoms with Crippen LogP contribution in [0.4, 0.5) is 56.9 Å². The number of nitriles is 1. The minimum absolute atomic E-state index is 0. The second-order valence-electron chi connectivity index (χ2n) is 23.8. The number of nitrogens with two attached hydrogens (primary N) is 2. The zero-order chi connectivity index (χ0) is 85.7. The summed E-state index contributed by atoms with van der Waals surface area (Å²) >= 11 is 28.2. The maximum Gasteiger partial charge on any atom is 1.00 e. The molecule has 13 rings (SSSR count).